The lowest BCUT2D eigenvalue weighted by Gasteiger charge is -2.26. The highest BCUT2D eigenvalue weighted by atomic mass is 16.4. The lowest BCUT2D eigenvalue weighted by molar-refractivity contribution is -0.142. The summed E-state index contributed by atoms with van der Waals surface area (Å²) >= 11 is 0. The first kappa shape index (κ1) is 32.3. The highest BCUT2D eigenvalue weighted by molar-refractivity contribution is 5.95. The molecular weight excluding hydrogens is 456 g/mol. The quantitative estimate of drug-likeness (QED) is 0.133. The first-order valence-corrected chi connectivity index (χ1v) is 12.2. The average Bonchev–Trinajstić information content (AvgIpc) is 2.79. The zero-order valence-electron chi connectivity index (χ0n) is 21.7. The molecule has 0 spiro atoms. The molecule has 0 aliphatic carbocycles. The van der Waals surface area contributed by atoms with E-state index in [0.29, 0.717) is 32.2 Å². The summed E-state index contributed by atoms with van der Waals surface area (Å²) in [6.45, 7) is 10.4. The highest BCUT2D eigenvalue weighted by Gasteiger charge is 2.31. The summed E-state index contributed by atoms with van der Waals surface area (Å²) in [6.07, 6.45) is 2.27. The number of hydrogen-bond donors (Lipinski definition) is 7. The summed E-state index contributed by atoms with van der Waals surface area (Å²) in [4.78, 5) is 61.6. The molecule has 0 radical (unpaired) electrons. The van der Waals surface area contributed by atoms with Gasteiger partial charge in [0.15, 0.2) is 0 Å². The van der Waals surface area contributed by atoms with Crippen LogP contribution in [0.2, 0.25) is 0 Å². The zero-order valence-corrected chi connectivity index (χ0v) is 21.7. The monoisotopic (exact) mass is 500 g/mol. The summed E-state index contributed by atoms with van der Waals surface area (Å²) < 4.78 is 0. The number of amides is 4. The van der Waals surface area contributed by atoms with Gasteiger partial charge in [-0.1, -0.05) is 34.1 Å². The standard InChI is InChI=1S/C23H44N6O6/c1-7-13(4)17(25)21(32)28-16(10-8-9-11-24)20(31)26-14(5)19(30)29-18(12(2)3)22(33)27-15(6)23(34)35/h12-18H,7-11,24-25H2,1-6H3,(H,26,31)(H,27,33)(H,28,32)(H,29,30)(H,34,35)/t13-,14-,15-,16-,17-,18-/m0/s1. The lowest BCUT2D eigenvalue weighted by atomic mass is 9.98. The Morgan fingerprint density at radius 1 is 0.771 bits per heavy atom. The third kappa shape index (κ3) is 11.5. The van der Waals surface area contributed by atoms with Gasteiger partial charge in [-0.2, -0.15) is 0 Å². The third-order valence-corrected chi connectivity index (χ3v) is 5.87. The molecule has 35 heavy (non-hydrogen) atoms. The molecule has 9 N–H and O–H groups in total. The molecule has 6 atom stereocenters. The van der Waals surface area contributed by atoms with Crippen LogP contribution in [0.3, 0.4) is 0 Å². The normalized spacial score (nSPS) is 16.3. The van der Waals surface area contributed by atoms with Gasteiger partial charge >= 0.3 is 5.97 Å². The van der Waals surface area contributed by atoms with Crippen molar-refractivity contribution in [3.8, 4) is 0 Å². The fourth-order valence-corrected chi connectivity index (χ4v) is 3.10. The largest absolute Gasteiger partial charge is 0.480 e. The van der Waals surface area contributed by atoms with Crippen LogP contribution < -0.4 is 32.7 Å². The molecule has 0 saturated heterocycles. The molecule has 0 aromatic rings. The maximum absolute atomic E-state index is 12.9. The van der Waals surface area contributed by atoms with Gasteiger partial charge in [-0.05, 0) is 51.5 Å². The number of rotatable bonds is 16. The molecule has 0 unspecified atom stereocenters. The van der Waals surface area contributed by atoms with Crippen LogP contribution in [0, 0.1) is 11.8 Å². The number of aliphatic carboxylic acids is 1. The van der Waals surface area contributed by atoms with E-state index in [-0.39, 0.29) is 11.8 Å². The predicted molar refractivity (Wildman–Crippen MR) is 132 cm³/mol. The second kappa shape index (κ2) is 16.0. The number of carboxylic acid groups (broad SMARTS) is 1. The van der Waals surface area contributed by atoms with Crippen LogP contribution in [0.25, 0.3) is 0 Å². The maximum atomic E-state index is 12.9. The molecule has 0 rings (SSSR count). The van der Waals surface area contributed by atoms with Crippen LogP contribution in [0.1, 0.15) is 67.2 Å². The second-order valence-corrected chi connectivity index (χ2v) is 9.29. The molecule has 12 nitrogen and oxygen atoms in total. The Hall–Kier alpha value is -2.73. The van der Waals surface area contributed by atoms with Gasteiger partial charge in [-0.25, -0.2) is 0 Å². The van der Waals surface area contributed by atoms with Crippen LogP contribution in [0.5, 0.6) is 0 Å². The fraction of sp³-hybridized carbons (Fsp3) is 0.783. The number of carbonyl (C=O) groups is 5. The van der Waals surface area contributed by atoms with Crippen molar-refractivity contribution in [2.24, 2.45) is 23.3 Å². The van der Waals surface area contributed by atoms with Crippen LogP contribution in [-0.2, 0) is 24.0 Å². The molecule has 0 saturated carbocycles. The Balaban J connectivity index is 5.27. The van der Waals surface area contributed by atoms with Gasteiger partial charge in [0, 0.05) is 0 Å². The van der Waals surface area contributed by atoms with Crippen molar-refractivity contribution in [3.05, 3.63) is 0 Å². The Bertz CT molecular complexity index is 731. The van der Waals surface area contributed by atoms with E-state index in [1.54, 1.807) is 13.8 Å². The molecule has 0 aromatic heterocycles. The van der Waals surface area contributed by atoms with E-state index in [4.69, 9.17) is 16.6 Å². The van der Waals surface area contributed by atoms with Crippen molar-refractivity contribution in [2.75, 3.05) is 6.54 Å². The molecule has 4 amide bonds. The number of carbonyl (C=O) groups excluding carboxylic acids is 4. The van der Waals surface area contributed by atoms with Gasteiger partial charge in [0.1, 0.15) is 24.2 Å². The summed E-state index contributed by atoms with van der Waals surface area (Å²) in [5.74, 6) is -3.90. The van der Waals surface area contributed by atoms with E-state index in [2.05, 4.69) is 21.3 Å². The van der Waals surface area contributed by atoms with Gasteiger partial charge in [-0.3, -0.25) is 24.0 Å². The molecule has 0 aliphatic rings. The van der Waals surface area contributed by atoms with Crippen LogP contribution in [-0.4, -0.2) is 71.5 Å². The van der Waals surface area contributed by atoms with E-state index < -0.39 is 59.8 Å². The smallest absolute Gasteiger partial charge is 0.325 e. The van der Waals surface area contributed by atoms with E-state index in [9.17, 15) is 24.0 Å². The number of unbranched alkanes of at least 4 members (excludes halogenated alkanes) is 1. The van der Waals surface area contributed by atoms with Crippen molar-refractivity contribution in [1.82, 2.24) is 21.3 Å². The van der Waals surface area contributed by atoms with E-state index in [0.717, 1.165) is 0 Å². The minimum Gasteiger partial charge on any atom is -0.480 e. The molecule has 0 bridgehead atoms. The van der Waals surface area contributed by atoms with Gasteiger partial charge < -0.3 is 37.8 Å². The van der Waals surface area contributed by atoms with Crippen molar-refractivity contribution >= 4 is 29.6 Å². The SMILES string of the molecule is CC[C@H](C)[C@H](N)C(=O)N[C@@H](CCCCN)C(=O)N[C@@H](C)C(=O)N[C@H](C(=O)N[C@@H](C)C(=O)O)C(C)C. The number of nitrogens with one attached hydrogen (secondary N) is 4. The first-order chi connectivity index (χ1) is 16.3. The van der Waals surface area contributed by atoms with E-state index >= 15 is 0 Å². The van der Waals surface area contributed by atoms with E-state index in [1.807, 2.05) is 13.8 Å². The Morgan fingerprint density at radius 2 is 1.34 bits per heavy atom. The minimum absolute atomic E-state index is 0.0737. The number of hydrogen-bond acceptors (Lipinski definition) is 7. The molecule has 12 heteroatoms. The maximum Gasteiger partial charge on any atom is 0.325 e. The summed E-state index contributed by atoms with van der Waals surface area (Å²) in [6, 6.07) is -4.83. The summed E-state index contributed by atoms with van der Waals surface area (Å²) in [5, 5.41) is 19.1. The molecule has 0 aromatic carbocycles. The molecule has 202 valence electrons. The van der Waals surface area contributed by atoms with Crippen LogP contribution in [0.4, 0.5) is 0 Å². The number of nitrogens with two attached hydrogens (primary N) is 2. The van der Waals surface area contributed by atoms with Crippen molar-refractivity contribution in [3.63, 3.8) is 0 Å². The van der Waals surface area contributed by atoms with E-state index in [1.165, 1.54) is 13.8 Å². The average molecular weight is 501 g/mol. The molecular formula is C23H44N6O6. The minimum atomic E-state index is -1.21. The van der Waals surface area contributed by atoms with Gasteiger partial charge in [0.05, 0.1) is 6.04 Å². The third-order valence-electron chi connectivity index (χ3n) is 5.87. The Morgan fingerprint density at radius 3 is 1.83 bits per heavy atom. The fourth-order valence-electron chi connectivity index (χ4n) is 3.10. The van der Waals surface area contributed by atoms with Crippen molar-refractivity contribution in [1.29, 1.82) is 0 Å². The Kier molecular flexibility index (Phi) is 14.8. The van der Waals surface area contributed by atoms with Gasteiger partial charge in [0.25, 0.3) is 0 Å². The van der Waals surface area contributed by atoms with Crippen molar-refractivity contribution in [2.45, 2.75) is 97.4 Å². The highest BCUT2D eigenvalue weighted by Crippen LogP contribution is 2.08. The van der Waals surface area contributed by atoms with Crippen LogP contribution in [0.15, 0.2) is 0 Å². The Labute approximate surface area is 207 Å². The topological polar surface area (TPSA) is 206 Å². The summed E-state index contributed by atoms with van der Waals surface area (Å²) in [7, 11) is 0. The number of carboxylic acids is 1. The second-order valence-electron chi connectivity index (χ2n) is 9.29. The van der Waals surface area contributed by atoms with Crippen molar-refractivity contribution < 1.29 is 29.1 Å². The van der Waals surface area contributed by atoms with Crippen LogP contribution >= 0.6 is 0 Å². The predicted octanol–water partition coefficient (Wildman–Crippen LogP) is -0.792. The molecule has 0 fully saturated rings. The summed E-state index contributed by atoms with van der Waals surface area (Å²) in [5.41, 5.74) is 11.5. The first-order valence-electron chi connectivity index (χ1n) is 12.2. The van der Waals surface area contributed by atoms with Gasteiger partial charge in [-0.15, -0.1) is 0 Å². The lowest BCUT2D eigenvalue weighted by Crippen LogP contribution is -2.58. The molecule has 0 heterocycles. The zero-order chi connectivity index (χ0) is 27.3. The van der Waals surface area contributed by atoms with Gasteiger partial charge in [0.2, 0.25) is 23.6 Å². The molecule has 0 aliphatic heterocycles.